The Bertz CT molecular complexity index is 513. The average molecular weight is 348 g/mol. The molecule has 0 unspecified atom stereocenters. The Kier molecular flexibility index (Phi) is 9.19. The van der Waals surface area contributed by atoms with E-state index in [9.17, 15) is 0 Å². The van der Waals surface area contributed by atoms with Crippen LogP contribution in [-0.4, -0.2) is 45.9 Å². The van der Waals surface area contributed by atoms with Crippen LogP contribution >= 0.6 is 0 Å². The number of nitrogens with one attached hydrogen (secondary N) is 2. The molecule has 1 fully saturated rings. The number of hydrogen-bond donors (Lipinski definition) is 2. The molecule has 2 N–H and O–H groups in total. The van der Waals surface area contributed by atoms with Crippen molar-refractivity contribution in [2.45, 2.75) is 51.0 Å². The molecule has 0 saturated heterocycles. The second-order valence-electron chi connectivity index (χ2n) is 6.47. The van der Waals surface area contributed by atoms with Gasteiger partial charge in [0.15, 0.2) is 5.96 Å². The summed E-state index contributed by atoms with van der Waals surface area (Å²) in [6.45, 7) is 2.52. The summed E-state index contributed by atoms with van der Waals surface area (Å²) in [7, 11) is 3.51. The second kappa shape index (κ2) is 11.7. The maximum absolute atomic E-state index is 5.95. The van der Waals surface area contributed by atoms with Crippen LogP contribution in [0.3, 0.4) is 0 Å². The number of hydrogen-bond acceptors (Lipinski definition) is 3. The minimum atomic E-state index is 0.493. The third kappa shape index (κ3) is 7.34. The SMILES string of the molecule is CN=C(NCCCOC1CCCCC1)NCCc1ccccc1OC. The molecule has 0 bridgehead atoms. The van der Waals surface area contributed by atoms with Crippen LogP contribution in [0.5, 0.6) is 5.75 Å². The molecule has 1 saturated carbocycles. The molecule has 2 rings (SSSR count). The monoisotopic (exact) mass is 347 g/mol. The first-order valence-corrected chi connectivity index (χ1v) is 9.51. The number of ether oxygens (including phenoxy) is 2. The third-order valence-electron chi connectivity index (χ3n) is 4.62. The molecule has 1 aliphatic carbocycles. The minimum absolute atomic E-state index is 0.493. The number of aliphatic imine (C=N–C) groups is 1. The van der Waals surface area contributed by atoms with Gasteiger partial charge in [-0.15, -0.1) is 0 Å². The highest BCUT2D eigenvalue weighted by atomic mass is 16.5. The smallest absolute Gasteiger partial charge is 0.190 e. The number of benzene rings is 1. The fourth-order valence-corrected chi connectivity index (χ4v) is 3.21. The molecule has 1 aromatic carbocycles. The van der Waals surface area contributed by atoms with E-state index in [0.717, 1.165) is 44.2 Å². The Morgan fingerprint density at radius 3 is 2.64 bits per heavy atom. The van der Waals surface area contributed by atoms with Gasteiger partial charge in [0.2, 0.25) is 0 Å². The van der Waals surface area contributed by atoms with E-state index in [1.807, 2.05) is 18.2 Å². The topological polar surface area (TPSA) is 54.9 Å². The van der Waals surface area contributed by atoms with Gasteiger partial charge in [0.25, 0.3) is 0 Å². The van der Waals surface area contributed by atoms with Crippen molar-refractivity contribution < 1.29 is 9.47 Å². The average Bonchev–Trinajstić information content (AvgIpc) is 2.67. The van der Waals surface area contributed by atoms with Crippen molar-refractivity contribution in [1.29, 1.82) is 0 Å². The lowest BCUT2D eigenvalue weighted by Gasteiger charge is -2.22. The van der Waals surface area contributed by atoms with E-state index in [2.05, 4.69) is 21.7 Å². The maximum Gasteiger partial charge on any atom is 0.190 e. The first kappa shape index (κ1) is 19.6. The zero-order chi connectivity index (χ0) is 17.7. The largest absolute Gasteiger partial charge is 0.496 e. The standard InChI is InChI=1S/C20H33N3O2/c1-21-20(22-14-8-16-25-18-10-4-3-5-11-18)23-15-13-17-9-6-7-12-19(17)24-2/h6-7,9,12,18H,3-5,8,10-11,13-16H2,1-2H3,(H2,21,22,23). The molecule has 5 heteroatoms. The van der Waals surface area contributed by atoms with Gasteiger partial charge < -0.3 is 20.1 Å². The summed E-state index contributed by atoms with van der Waals surface area (Å²) in [4.78, 5) is 4.27. The fourth-order valence-electron chi connectivity index (χ4n) is 3.21. The molecule has 0 aliphatic heterocycles. The van der Waals surface area contributed by atoms with E-state index in [1.165, 1.54) is 37.7 Å². The van der Waals surface area contributed by atoms with Gasteiger partial charge in [-0.1, -0.05) is 37.5 Å². The maximum atomic E-state index is 5.95. The van der Waals surface area contributed by atoms with Crippen LogP contribution in [0, 0.1) is 0 Å². The quantitative estimate of drug-likeness (QED) is 0.409. The van der Waals surface area contributed by atoms with E-state index in [4.69, 9.17) is 9.47 Å². The van der Waals surface area contributed by atoms with Crippen molar-refractivity contribution in [3.63, 3.8) is 0 Å². The summed E-state index contributed by atoms with van der Waals surface area (Å²) in [5, 5.41) is 6.70. The lowest BCUT2D eigenvalue weighted by Crippen LogP contribution is -2.39. The Hall–Kier alpha value is -1.75. The van der Waals surface area contributed by atoms with Gasteiger partial charge in [-0.3, -0.25) is 4.99 Å². The van der Waals surface area contributed by atoms with Gasteiger partial charge in [0.1, 0.15) is 5.75 Å². The highest BCUT2D eigenvalue weighted by molar-refractivity contribution is 5.79. The minimum Gasteiger partial charge on any atom is -0.496 e. The summed E-state index contributed by atoms with van der Waals surface area (Å²) in [5.74, 6) is 1.78. The highest BCUT2D eigenvalue weighted by Gasteiger charge is 2.12. The molecule has 0 spiro atoms. The van der Waals surface area contributed by atoms with Gasteiger partial charge in [-0.05, 0) is 37.3 Å². The third-order valence-corrected chi connectivity index (χ3v) is 4.62. The van der Waals surface area contributed by atoms with Crippen molar-refractivity contribution in [2.24, 2.45) is 4.99 Å². The number of methoxy groups -OCH3 is 1. The van der Waals surface area contributed by atoms with Gasteiger partial charge in [0.05, 0.1) is 13.2 Å². The lowest BCUT2D eigenvalue weighted by atomic mass is 9.98. The number of guanidine groups is 1. The summed E-state index contributed by atoms with van der Waals surface area (Å²) in [5.41, 5.74) is 1.20. The zero-order valence-corrected chi connectivity index (χ0v) is 15.7. The number of para-hydroxylation sites is 1. The Morgan fingerprint density at radius 1 is 1.12 bits per heavy atom. The van der Waals surface area contributed by atoms with Crippen LogP contribution in [0.1, 0.15) is 44.1 Å². The van der Waals surface area contributed by atoms with E-state index >= 15 is 0 Å². The van der Waals surface area contributed by atoms with Crippen molar-refractivity contribution in [3.8, 4) is 5.75 Å². The van der Waals surface area contributed by atoms with Crippen LogP contribution in [0.15, 0.2) is 29.3 Å². The first-order chi connectivity index (χ1) is 12.3. The Labute approximate surface area is 152 Å². The predicted octanol–water partition coefficient (Wildman–Crippen LogP) is 3.14. The van der Waals surface area contributed by atoms with Crippen molar-refractivity contribution >= 4 is 5.96 Å². The summed E-state index contributed by atoms with van der Waals surface area (Å²) in [6, 6.07) is 8.12. The molecule has 140 valence electrons. The number of rotatable bonds is 9. The summed E-state index contributed by atoms with van der Waals surface area (Å²) >= 11 is 0. The van der Waals surface area contributed by atoms with Crippen LogP contribution in [0.4, 0.5) is 0 Å². The van der Waals surface area contributed by atoms with Gasteiger partial charge in [0, 0.05) is 26.7 Å². The van der Waals surface area contributed by atoms with E-state index in [0.29, 0.717) is 6.10 Å². The van der Waals surface area contributed by atoms with Crippen LogP contribution < -0.4 is 15.4 Å². The van der Waals surface area contributed by atoms with E-state index in [-0.39, 0.29) is 0 Å². The Balaban J connectivity index is 1.57. The molecule has 0 radical (unpaired) electrons. The molecule has 5 nitrogen and oxygen atoms in total. The highest BCUT2D eigenvalue weighted by Crippen LogP contribution is 2.20. The molecular weight excluding hydrogens is 314 g/mol. The predicted molar refractivity (Wildman–Crippen MR) is 104 cm³/mol. The molecule has 0 heterocycles. The van der Waals surface area contributed by atoms with Crippen molar-refractivity contribution in [1.82, 2.24) is 10.6 Å². The summed E-state index contributed by atoms with van der Waals surface area (Å²) < 4.78 is 11.3. The van der Waals surface area contributed by atoms with Gasteiger partial charge >= 0.3 is 0 Å². The summed E-state index contributed by atoms with van der Waals surface area (Å²) in [6.07, 6.45) is 8.89. The van der Waals surface area contributed by atoms with Crippen LogP contribution in [0.25, 0.3) is 0 Å². The first-order valence-electron chi connectivity index (χ1n) is 9.51. The molecule has 25 heavy (non-hydrogen) atoms. The van der Waals surface area contributed by atoms with Crippen molar-refractivity contribution in [2.75, 3.05) is 33.9 Å². The van der Waals surface area contributed by atoms with Crippen molar-refractivity contribution in [3.05, 3.63) is 29.8 Å². The normalized spacial score (nSPS) is 15.8. The second-order valence-corrected chi connectivity index (χ2v) is 6.47. The molecule has 1 aliphatic rings. The van der Waals surface area contributed by atoms with Gasteiger partial charge in [-0.2, -0.15) is 0 Å². The van der Waals surface area contributed by atoms with Crippen LogP contribution in [-0.2, 0) is 11.2 Å². The molecule has 1 aromatic rings. The molecular formula is C20H33N3O2. The molecule has 0 aromatic heterocycles. The lowest BCUT2D eigenvalue weighted by molar-refractivity contribution is 0.0277. The van der Waals surface area contributed by atoms with Gasteiger partial charge in [-0.25, -0.2) is 0 Å². The van der Waals surface area contributed by atoms with E-state index < -0.39 is 0 Å². The van der Waals surface area contributed by atoms with E-state index in [1.54, 1.807) is 14.2 Å². The zero-order valence-electron chi connectivity index (χ0n) is 15.7. The molecule has 0 amide bonds. The molecule has 0 atom stereocenters. The number of nitrogens with zero attached hydrogens (tertiary/aromatic N) is 1. The van der Waals surface area contributed by atoms with Crippen LogP contribution in [0.2, 0.25) is 0 Å². The fraction of sp³-hybridized carbons (Fsp3) is 0.650. The Morgan fingerprint density at radius 2 is 1.88 bits per heavy atom.